The standard InChI is InChI=1S/C26H23N5O4S/c1-34-19-12-13-23(35-2)22(16-19)30-25(24(28-26(30)36)20-6-3-4-14-27-20)21-7-5-15-29(21)17-8-10-18(11-9-17)31(32)33/h3-16,24-25H,1-2H3,(H,28,36)/t24-,25+/m1/s1. The Morgan fingerprint density at radius 1 is 1.03 bits per heavy atom. The van der Waals surface area contributed by atoms with E-state index in [4.69, 9.17) is 21.7 Å². The lowest BCUT2D eigenvalue weighted by Crippen LogP contribution is -2.30. The molecule has 36 heavy (non-hydrogen) atoms. The van der Waals surface area contributed by atoms with Gasteiger partial charge >= 0.3 is 0 Å². The molecule has 182 valence electrons. The third kappa shape index (κ3) is 4.11. The first-order valence-corrected chi connectivity index (χ1v) is 11.6. The number of nitrogens with zero attached hydrogens (tertiary/aromatic N) is 4. The summed E-state index contributed by atoms with van der Waals surface area (Å²) < 4.78 is 13.2. The highest BCUT2D eigenvalue weighted by Gasteiger charge is 2.43. The summed E-state index contributed by atoms with van der Waals surface area (Å²) in [4.78, 5) is 17.4. The van der Waals surface area contributed by atoms with Crippen LogP contribution in [0.15, 0.2) is 85.2 Å². The number of hydrogen-bond acceptors (Lipinski definition) is 6. The molecule has 0 bridgehead atoms. The van der Waals surface area contributed by atoms with E-state index >= 15 is 0 Å². The molecule has 0 radical (unpaired) electrons. The molecule has 2 aromatic heterocycles. The fourth-order valence-corrected chi connectivity index (χ4v) is 4.84. The number of benzene rings is 2. The number of methoxy groups -OCH3 is 2. The summed E-state index contributed by atoms with van der Waals surface area (Å²) >= 11 is 5.85. The molecule has 0 aliphatic carbocycles. The number of ether oxygens (including phenoxy) is 2. The van der Waals surface area contributed by atoms with Gasteiger partial charge in [0.2, 0.25) is 0 Å². The van der Waals surface area contributed by atoms with Crippen LogP contribution in [0.3, 0.4) is 0 Å². The van der Waals surface area contributed by atoms with Gasteiger partial charge in [-0.3, -0.25) is 15.1 Å². The normalized spacial score (nSPS) is 17.1. The van der Waals surface area contributed by atoms with Crippen molar-refractivity contribution in [3.8, 4) is 17.2 Å². The lowest BCUT2D eigenvalue weighted by atomic mass is 10.0. The highest BCUT2D eigenvalue weighted by atomic mass is 32.1. The maximum Gasteiger partial charge on any atom is 0.269 e. The molecule has 0 spiro atoms. The van der Waals surface area contributed by atoms with E-state index < -0.39 is 4.92 Å². The molecule has 1 fully saturated rings. The minimum atomic E-state index is -0.409. The molecule has 0 amide bonds. The molecule has 10 heteroatoms. The highest BCUT2D eigenvalue weighted by molar-refractivity contribution is 7.80. The van der Waals surface area contributed by atoms with Gasteiger partial charge in [-0.25, -0.2) is 0 Å². The van der Waals surface area contributed by atoms with E-state index in [0.29, 0.717) is 16.6 Å². The minimum absolute atomic E-state index is 0.0327. The summed E-state index contributed by atoms with van der Waals surface area (Å²) in [6.45, 7) is 0. The molecule has 1 N–H and O–H groups in total. The first kappa shape index (κ1) is 23.3. The van der Waals surface area contributed by atoms with Crippen molar-refractivity contribution in [3.63, 3.8) is 0 Å². The van der Waals surface area contributed by atoms with Gasteiger partial charge in [0, 0.05) is 42.0 Å². The zero-order valence-corrected chi connectivity index (χ0v) is 20.4. The van der Waals surface area contributed by atoms with Crippen LogP contribution in [0.2, 0.25) is 0 Å². The fraction of sp³-hybridized carbons (Fsp3) is 0.154. The van der Waals surface area contributed by atoms with Crippen LogP contribution in [0.25, 0.3) is 5.69 Å². The first-order valence-electron chi connectivity index (χ1n) is 11.2. The number of thiocarbonyl (C=S) groups is 1. The molecule has 0 unspecified atom stereocenters. The predicted molar refractivity (Wildman–Crippen MR) is 140 cm³/mol. The van der Waals surface area contributed by atoms with E-state index in [1.807, 2.05) is 64.2 Å². The van der Waals surface area contributed by atoms with Crippen molar-refractivity contribution >= 4 is 28.7 Å². The van der Waals surface area contributed by atoms with Gasteiger partial charge in [0.05, 0.1) is 36.6 Å². The van der Waals surface area contributed by atoms with Crippen LogP contribution in [-0.4, -0.2) is 33.8 Å². The molecule has 9 nitrogen and oxygen atoms in total. The van der Waals surface area contributed by atoms with E-state index in [1.165, 1.54) is 12.1 Å². The summed E-state index contributed by atoms with van der Waals surface area (Å²) in [6, 6.07) is 21.1. The lowest BCUT2D eigenvalue weighted by Gasteiger charge is -2.30. The number of non-ortho nitro benzene ring substituents is 1. The highest BCUT2D eigenvalue weighted by Crippen LogP contribution is 2.46. The van der Waals surface area contributed by atoms with Gasteiger partial charge in [-0.2, -0.15) is 0 Å². The van der Waals surface area contributed by atoms with Crippen LogP contribution >= 0.6 is 12.2 Å². The van der Waals surface area contributed by atoms with Crippen LogP contribution in [0, 0.1) is 10.1 Å². The fourth-order valence-electron chi connectivity index (χ4n) is 4.51. The van der Waals surface area contributed by atoms with E-state index in [9.17, 15) is 10.1 Å². The molecule has 1 aliphatic rings. The molecule has 2 atom stereocenters. The Morgan fingerprint density at radius 3 is 2.50 bits per heavy atom. The van der Waals surface area contributed by atoms with Gasteiger partial charge < -0.3 is 24.3 Å². The monoisotopic (exact) mass is 501 g/mol. The zero-order chi connectivity index (χ0) is 25.2. The Labute approximate surface area is 213 Å². The summed E-state index contributed by atoms with van der Waals surface area (Å²) in [5.41, 5.74) is 3.30. The molecule has 5 rings (SSSR count). The average Bonchev–Trinajstić information content (AvgIpc) is 3.53. The van der Waals surface area contributed by atoms with Gasteiger partial charge in [0.25, 0.3) is 5.69 Å². The summed E-state index contributed by atoms with van der Waals surface area (Å²) in [5, 5.41) is 15.1. The summed E-state index contributed by atoms with van der Waals surface area (Å²) in [6.07, 6.45) is 3.68. The van der Waals surface area contributed by atoms with Gasteiger partial charge in [-0.1, -0.05) is 6.07 Å². The second-order valence-corrected chi connectivity index (χ2v) is 8.50. The second kappa shape index (κ2) is 9.67. The van der Waals surface area contributed by atoms with Crippen molar-refractivity contribution in [2.24, 2.45) is 0 Å². The van der Waals surface area contributed by atoms with Crippen molar-refractivity contribution < 1.29 is 14.4 Å². The van der Waals surface area contributed by atoms with Crippen molar-refractivity contribution in [1.29, 1.82) is 0 Å². The topological polar surface area (TPSA) is 94.7 Å². The Balaban J connectivity index is 1.68. The number of rotatable bonds is 7. The Kier molecular flexibility index (Phi) is 6.26. The van der Waals surface area contributed by atoms with Crippen LogP contribution < -0.4 is 19.7 Å². The molecular formula is C26H23N5O4S. The van der Waals surface area contributed by atoms with E-state index in [0.717, 1.165) is 22.8 Å². The van der Waals surface area contributed by atoms with Crippen molar-refractivity contribution in [3.05, 3.63) is 107 Å². The van der Waals surface area contributed by atoms with Crippen LogP contribution in [0.5, 0.6) is 11.5 Å². The molecule has 4 aromatic rings. The maximum atomic E-state index is 11.2. The number of hydrogen-bond donors (Lipinski definition) is 1. The smallest absolute Gasteiger partial charge is 0.269 e. The van der Waals surface area contributed by atoms with Gasteiger partial charge in [0.1, 0.15) is 17.5 Å². The lowest BCUT2D eigenvalue weighted by molar-refractivity contribution is -0.384. The minimum Gasteiger partial charge on any atom is -0.497 e. The number of pyridine rings is 1. The third-order valence-electron chi connectivity index (χ3n) is 6.17. The first-order chi connectivity index (χ1) is 17.5. The quantitative estimate of drug-likeness (QED) is 0.215. The van der Waals surface area contributed by atoms with Crippen molar-refractivity contribution in [2.75, 3.05) is 19.1 Å². The van der Waals surface area contributed by atoms with Crippen LogP contribution in [0.1, 0.15) is 23.5 Å². The van der Waals surface area contributed by atoms with E-state index in [1.54, 1.807) is 32.5 Å². The van der Waals surface area contributed by atoms with Crippen LogP contribution in [0.4, 0.5) is 11.4 Å². The number of anilines is 1. The predicted octanol–water partition coefficient (Wildman–Crippen LogP) is 4.97. The average molecular weight is 502 g/mol. The van der Waals surface area contributed by atoms with Gasteiger partial charge in [0.15, 0.2) is 5.11 Å². The molecule has 1 aliphatic heterocycles. The molecule has 0 saturated carbocycles. The van der Waals surface area contributed by atoms with Gasteiger partial charge in [-0.05, 0) is 60.7 Å². The largest absolute Gasteiger partial charge is 0.497 e. The number of nitro groups is 1. The van der Waals surface area contributed by atoms with Gasteiger partial charge in [-0.15, -0.1) is 0 Å². The Bertz CT molecular complexity index is 1410. The van der Waals surface area contributed by atoms with Crippen molar-refractivity contribution in [1.82, 2.24) is 14.9 Å². The van der Waals surface area contributed by atoms with E-state index in [-0.39, 0.29) is 17.8 Å². The van der Waals surface area contributed by atoms with E-state index in [2.05, 4.69) is 10.3 Å². The van der Waals surface area contributed by atoms with Crippen molar-refractivity contribution in [2.45, 2.75) is 12.1 Å². The Hall–Kier alpha value is -4.44. The zero-order valence-electron chi connectivity index (χ0n) is 19.6. The second-order valence-electron chi connectivity index (χ2n) is 8.11. The summed E-state index contributed by atoms with van der Waals surface area (Å²) in [7, 11) is 3.22. The third-order valence-corrected chi connectivity index (χ3v) is 6.48. The molecule has 2 aromatic carbocycles. The SMILES string of the molecule is COc1ccc(OC)c(N2C(=S)N[C@H](c3ccccn3)[C@@H]2c2cccn2-c2ccc([N+](=O)[O-])cc2)c1. The molecular weight excluding hydrogens is 478 g/mol. The number of nitrogens with one attached hydrogen (secondary N) is 1. The Morgan fingerprint density at radius 2 is 1.83 bits per heavy atom. The number of aromatic nitrogens is 2. The summed E-state index contributed by atoms with van der Waals surface area (Å²) in [5.74, 6) is 1.31. The number of nitro benzene ring substituents is 1. The molecule has 3 heterocycles. The molecule has 1 saturated heterocycles. The van der Waals surface area contributed by atoms with Crippen LogP contribution in [-0.2, 0) is 0 Å². The maximum absolute atomic E-state index is 11.2.